The summed E-state index contributed by atoms with van der Waals surface area (Å²) in [6.45, 7) is 2.14. The molecule has 0 radical (unpaired) electrons. The highest BCUT2D eigenvalue weighted by molar-refractivity contribution is 5.41. The van der Waals surface area contributed by atoms with E-state index in [1.807, 2.05) is 25.2 Å². The molecule has 1 heterocycles. The molecule has 0 bridgehead atoms. The minimum Gasteiger partial charge on any atom is -0.485 e. The van der Waals surface area contributed by atoms with Gasteiger partial charge in [0.2, 0.25) is 0 Å². The average Bonchev–Trinajstić information content (AvgIpc) is 2.53. The Morgan fingerprint density at radius 1 is 1.19 bits per heavy atom. The molecule has 0 amide bonds. The molecule has 3 rings (SSSR count). The van der Waals surface area contributed by atoms with Gasteiger partial charge in [-0.25, -0.2) is 4.39 Å². The fourth-order valence-corrected chi connectivity index (χ4v) is 3.07. The highest BCUT2D eigenvalue weighted by Gasteiger charge is 2.29. The Kier molecular flexibility index (Phi) is 3.93. The minimum atomic E-state index is -0.256. The van der Waals surface area contributed by atoms with E-state index in [0.717, 1.165) is 18.4 Å². The first-order valence-corrected chi connectivity index (χ1v) is 7.44. The Morgan fingerprint density at radius 3 is 2.76 bits per heavy atom. The van der Waals surface area contributed by atoms with Crippen LogP contribution >= 0.6 is 0 Å². The van der Waals surface area contributed by atoms with E-state index in [-0.39, 0.29) is 18.0 Å². The predicted octanol–water partition coefficient (Wildman–Crippen LogP) is 4.17. The Morgan fingerprint density at radius 2 is 2.00 bits per heavy atom. The number of aryl methyl sites for hydroxylation is 1. The first-order chi connectivity index (χ1) is 10.2. The molecule has 0 fully saturated rings. The molecular weight excluding hydrogens is 265 g/mol. The third-order valence-electron chi connectivity index (χ3n) is 4.20. The van der Waals surface area contributed by atoms with E-state index in [1.54, 1.807) is 0 Å². The second-order valence-electron chi connectivity index (χ2n) is 5.42. The number of hydrogen-bond acceptors (Lipinski definition) is 2. The number of rotatable bonds is 3. The molecule has 2 nitrogen and oxygen atoms in total. The van der Waals surface area contributed by atoms with Crippen molar-refractivity contribution < 1.29 is 9.13 Å². The lowest BCUT2D eigenvalue weighted by Gasteiger charge is -2.33. The smallest absolute Gasteiger partial charge is 0.127 e. The summed E-state index contributed by atoms with van der Waals surface area (Å²) in [6.07, 6.45) is 1.79. The summed E-state index contributed by atoms with van der Waals surface area (Å²) in [6, 6.07) is 13.3. The maximum Gasteiger partial charge on any atom is 0.127 e. The van der Waals surface area contributed by atoms with Gasteiger partial charge in [0.1, 0.15) is 17.7 Å². The molecule has 2 atom stereocenters. The summed E-state index contributed by atoms with van der Waals surface area (Å²) in [5.41, 5.74) is 3.52. The van der Waals surface area contributed by atoms with Crippen molar-refractivity contribution in [2.24, 2.45) is 0 Å². The standard InChI is InChI=1S/C18H20FNO/c1-3-12-6-4-5-7-14(12)18-11-16(20-2)15-9-8-13(19)10-17(15)21-18/h4-10,16,18,20H,3,11H2,1-2H3. The normalized spacial score (nSPS) is 20.7. The second kappa shape index (κ2) is 5.86. The molecule has 1 N–H and O–H groups in total. The van der Waals surface area contributed by atoms with Crippen LogP contribution in [-0.4, -0.2) is 7.05 Å². The fraction of sp³-hybridized carbons (Fsp3) is 0.333. The van der Waals surface area contributed by atoms with Crippen molar-refractivity contribution in [1.82, 2.24) is 5.32 Å². The van der Waals surface area contributed by atoms with Gasteiger partial charge < -0.3 is 10.1 Å². The summed E-state index contributed by atoms with van der Waals surface area (Å²) in [5.74, 6) is 0.393. The molecular formula is C18H20FNO. The third-order valence-corrected chi connectivity index (χ3v) is 4.20. The summed E-state index contributed by atoms with van der Waals surface area (Å²) >= 11 is 0. The highest BCUT2D eigenvalue weighted by atomic mass is 19.1. The number of hydrogen-bond donors (Lipinski definition) is 1. The third kappa shape index (κ3) is 2.66. The van der Waals surface area contributed by atoms with Crippen molar-refractivity contribution >= 4 is 0 Å². The molecule has 3 heteroatoms. The summed E-state index contributed by atoms with van der Waals surface area (Å²) in [5, 5.41) is 3.31. The Labute approximate surface area is 125 Å². The number of benzene rings is 2. The van der Waals surface area contributed by atoms with E-state index >= 15 is 0 Å². The quantitative estimate of drug-likeness (QED) is 0.913. The molecule has 1 aliphatic rings. The van der Waals surface area contributed by atoms with Gasteiger partial charge in [-0.2, -0.15) is 0 Å². The van der Waals surface area contributed by atoms with Crippen LogP contribution in [0.3, 0.4) is 0 Å². The van der Waals surface area contributed by atoms with Crippen LogP contribution in [0.2, 0.25) is 0 Å². The molecule has 21 heavy (non-hydrogen) atoms. The molecule has 0 saturated carbocycles. The van der Waals surface area contributed by atoms with Crippen LogP contribution in [0.1, 0.15) is 42.2 Å². The minimum absolute atomic E-state index is 0.0344. The van der Waals surface area contributed by atoms with E-state index in [2.05, 4.69) is 24.4 Å². The van der Waals surface area contributed by atoms with Crippen molar-refractivity contribution in [3.8, 4) is 5.75 Å². The highest BCUT2D eigenvalue weighted by Crippen LogP contribution is 2.41. The van der Waals surface area contributed by atoms with Crippen LogP contribution in [-0.2, 0) is 6.42 Å². The van der Waals surface area contributed by atoms with Crippen molar-refractivity contribution in [2.45, 2.75) is 31.9 Å². The molecule has 0 saturated heterocycles. The Bertz CT molecular complexity index is 641. The van der Waals surface area contributed by atoms with Crippen molar-refractivity contribution in [3.05, 3.63) is 65.0 Å². The van der Waals surface area contributed by atoms with Crippen LogP contribution in [0.5, 0.6) is 5.75 Å². The molecule has 0 spiro atoms. The van der Waals surface area contributed by atoms with Gasteiger partial charge in [0, 0.05) is 24.1 Å². The molecule has 0 aliphatic carbocycles. The zero-order valence-electron chi connectivity index (χ0n) is 12.4. The summed E-state index contributed by atoms with van der Waals surface area (Å²) < 4.78 is 19.6. The summed E-state index contributed by atoms with van der Waals surface area (Å²) in [4.78, 5) is 0. The average molecular weight is 285 g/mol. The first kappa shape index (κ1) is 14.1. The van der Waals surface area contributed by atoms with Crippen LogP contribution in [0.4, 0.5) is 4.39 Å². The number of nitrogens with one attached hydrogen (secondary N) is 1. The van der Waals surface area contributed by atoms with E-state index in [0.29, 0.717) is 5.75 Å². The lowest BCUT2D eigenvalue weighted by atomic mass is 9.90. The topological polar surface area (TPSA) is 21.3 Å². The maximum absolute atomic E-state index is 13.5. The molecule has 2 unspecified atom stereocenters. The van der Waals surface area contributed by atoms with Gasteiger partial charge in [-0.1, -0.05) is 37.3 Å². The molecule has 110 valence electrons. The van der Waals surface area contributed by atoms with Crippen molar-refractivity contribution in [3.63, 3.8) is 0 Å². The van der Waals surface area contributed by atoms with Crippen LogP contribution in [0.25, 0.3) is 0 Å². The number of halogens is 1. The zero-order valence-corrected chi connectivity index (χ0v) is 12.4. The molecule has 0 aromatic heterocycles. The first-order valence-electron chi connectivity index (χ1n) is 7.44. The second-order valence-corrected chi connectivity index (χ2v) is 5.42. The number of ether oxygens (including phenoxy) is 1. The van der Waals surface area contributed by atoms with Gasteiger partial charge in [0.15, 0.2) is 0 Å². The molecule has 2 aromatic carbocycles. The number of fused-ring (bicyclic) bond motifs is 1. The Hall–Kier alpha value is -1.87. The molecule has 1 aliphatic heterocycles. The monoisotopic (exact) mass is 285 g/mol. The van der Waals surface area contributed by atoms with Crippen molar-refractivity contribution in [2.75, 3.05) is 7.05 Å². The lowest BCUT2D eigenvalue weighted by Crippen LogP contribution is -2.27. The van der Waals surface area contributed by atoms with Gasteiger partial charge in [-0.3, -0.25) is 0 Å². The predicted molar refractivity (Wildman–Crippen MR) is 82.0 cm³/mol. The van der Waals surface area contributed by atoms with E-state index in [9.17, 15) is 4.39 Å². The van der Waals surface area contributed by atoms with E-state index in [4.69, 9.17) is 4.74 Å². The lowest BCUT2D eigenvalue weighted by molar-refractivity contribution is 0.152. The maximum atomic E-state index is 13.5. The van der Waals surface area contributed by atoms with E-state index in [1.165, 1.54) is 23.3 Å². The largest absolute Gasteiger partial charge is 0.485 e. The Balaban J connectivity index is 2.00. The van der Waals surface area contributed by atoms with Gasteiger partial charge in [0.05, 0.1) is 0 Å². The van der Waals surface area contributed by atoms with Gasteiger partial charge >= 0.3 is 0 Å². The van der Waals surface area contributed by atoms with Crippen LogP contribution in [0.15, 0.2) is 42.5 Å². The van der Waals surface area contributed by atoms with Crippen LogP contribution < -0.4 is 10.1 Å². The van der Waals surface area contributed by atoms with Crippen molar-refractivity contribution in [1.29, 1.82) is 0 Å². The van der Waals surface area contributed by atoms with Gasteiger partial charge in [-0.05, 0) is 30.7 Å². The summed E-state index contributed by atoms with van der Waals surface area (Å²) in [7, 11) is 1.94. The SMILES string of the molecule is CCc1ccccc1C1CC(NC)c2ccc(F)cc2O1. The van der Waals surface area contributed by atoms with Crippen LogP contribution in [0, 0.1) is 5.82 Å². The van der Waals surface area contributed by atoms with Gasteiger partial charge in [-0.15, -0.1) is 0 Å². The fourth-order valence-electron chi connectivity index (χ4n) is 3.07. The van der Waals surface area contributed by atoms with Gasteiger partial charge in [0.25, 0.3) is 0 Å². The van der Waals surface area contributed by atoms with E-state index < -0.39 is 0 Å². The zero-order chi connectivity index (χ0) is 14.8. The molecule has 2 aromatic rings.